The van der Waals surface area contributed by atoms with Gasteiger partial charge in [0, 0.05) is 11.3 Å². The second-order valence-electron chi connectivity index (χ2n) is 5.75. The fourth-order valence-corrected chi connectivity index (χ4v) is 3.44. The van der Waals surface area contributed by atoms with Gasteiger partial charge in [0.15, 0.2) is 0 Å². The molecule has 2 aromatic heterocycles. The Kier molecular flexibility index (Phi) is 3.93. The molecule has 5 nitrogen and oxygen atoms in total. The molecule has 0 atom stereocenters. The smallest absolute Gasteiger partial charge is 0.329 e. The van der Waals surface area contributed by atoms with E-state index < -0.39 is 11.5 Å². The van der Waals surface area contributed by atoms with Gasteiger partial charge in [-0.05, 0) is 39.7 Å². The summed E-state index contributed by atoms with van der Waals surface area (Å²) in [5, 5.41) is 10.0. The van der Waals surface area contributed by atoms with Crippen LogP contribution in [0.5, 0.6) is 0 Å². The first-order valence-corrected chi connectivity index (χ1v) is 7.79. The van der Waals surface area contributed by atoms with E-state index in [0.29, 0.717) is 22.5 Å². The molecule has 0 fully saturated rings. The van der Waals surface area contributed by atoms with Crippen LogP contribution in [0.15, 0.2) is 4.79 Å². The molecule has 0 amide bonds. The van der Waals surface area contributed by atoms with E-state index in [4.69, 9.17) is 0 Å². The minimum absolute atomic E-state index is 0.252. The van der Waals surface area contributed by atoms with Crippen molar-refractivity contribution in [3.05, 3.63) is 26.6 Å². The van der Waals surface area contributed by atoms with Crippen molar-refractivity contribution in [1.29, 1.82) is 0 Å². The summed E-state index contributed by atoms with van der Waals surface area (Å²) in [6.07, 6.45) is 1.38. The second-order valence-corrected chi connectivity index (χ2v) is 6.95. The molecule has 0 bridgehead atoms. The van der Waals surface area contributed by atoms with Crippen molar-refractivity contribution < 1.29 is 9.90 Å². The molecule has 21 heavy (non-hydrogen) atoms. The predicted molar refractivity (Wildman–Crippen MR) is 84.3 cm³/mol. The lowest BCUT2D eigenvalue weighted by Gasteiger charge is -2.25. The Balaban J connectivity index is 2.93. The normalized spacial score (nSPS) is 12.0. The molecule has 2 aromatic rings. The largest absolute Gasteiger partial charge is 0.480 e. The van der Waals surface area contributed by atoms with Crippen LogP contribution in [-0.4, -0.2) is 20.6 Å². The number of hydrogen-bond donors (Lipinski definition) is 1. The average molecular weight is 308 g/mol. The lowest BCUT2D eigenvalue weighted by atomic mass is 10.0. The lowest BCUT2D eigenvalue weighted by Crippen LogP contribution is -2.45. The van der Waals surface area contributed by atoms with Crippen LogP contribution < -0.4 is 5.56 Å². The van der Waals surface area contributed by atoms with Crippen LogP contribution in [0.2, 0.25) is 0 Å². The van der Waals surface area contributed by atoms with E-state index in [1.807, 2.05) is 20.8 Å². The van der Waals surface area contributed by atoms with E-state index in [1.54, 1.807) is 0 Å². The average Bonchev–Trinajstić information content (AvgIpc) is 2.65. The maximum absolute atomic E-state index is 12.9. The number of carboxylic acid groups (broad SMARTS) is 1. The first-order valence-electron chi connectivity index (χ1n) is 6.97. The number of carboxylic acids is 1. The van der Waals surface area contributed by atoms with Gasteiger partial charge in [-0.15, -0.1) is 11.3 Å². The van der Waals surface area contributed by atoms with Gasteiger partial charge in [-0.3, -0.25) is 9.36 Å². The minimum Gasteiger partial charge on any atom is -0.480 e. The number of rotatable bonds is 4. The Hall–Kier alpha value is -1.69. The Morgan fingerprint density at radius 1 is 1.38 bits per heavy atom. The number of hydrogen-bond acceptors (Lipinski definition) is 4. The maximum Gasteiger partial charge on any atom is 0.329 e. The highest BCUT2D eigenvalue weighted by atomic mass is 32.1. The van der Waals surface area contributed by atoms with Crippen LogP contribution in [0.25, 0.3) is 10.2 Å². The van der Waals surface area contributed by atoms with Gasteiger partial charge in [0.05, 0.1) is 5.39 Å². The monoisotopic (exact) mass is 308 g/mol. The first-order chi connectivity index (χ1) is 9.71. The van der Waals surface area contributed by atoms with E-state index >= 15 is 0 Å². The molecule has 0 saturated heterocycles. The Bertz CT molecular complexity index is 771. The van der Waals surface area contributed by atoms with Crippen molar-refractivity contribution >= 4 is 27.5 Å². The third-order valence-electron chi connectivity index (χ3n) is 3.83. The molecule has 0 aliphatic carbocycles. The molecular weight excluding hydrogens is 288 g/mol. The first kappa shape index (κ1) is 15.7. The Morgan fingerprint density at radius 3 is 2.52 bits per heavy atom. The number of nitrogens with zero attached hydrogens (tertiary/aromatic N) is 2. The number of aromatic nitrogens is 2. The fraction of sp³-hybridized carbons (Fsp3) is 0.533. The maximum atomic E-state index is 12.9. The van der Waals surface area contributed by atoms with E-state index in [9.17, 15) is 14.7 Å². The summed E-state index contributed by atoms with van der Waals surface area (Å²) in [5.41, 5.74) is -0.673. The van der Waals surface area contributed by atoms with Gasteiger partial charge in [0.1, 0.15) is 16.2 Å². The number of carbonyl (C=O) groups is 1. The molecule has 0 radical (unpaired) electrons. The van der Waals surface area contributed by atoms with Gasteiger partial charge in [0.25, 0.3) is 5.56 Å². The number of aliphatic carboxylic acids is 1. The van der Waals surface area contributed by atoms with Crippen LogP contribution in [0.3, 0.4) is 0 Å². The molecule has 0 aliphatic rings. The van der Waals surface area contributed by atoms with Gasteiger partial charge >= 0.3 is 5.97 Å². The highest BCUT2D eigenvalue weighted by Crippen LogP contribution is 2.28. The van der Waals surface area contributed by atoms with Crippen molar-refractivity contribution in [1.82, 2.24) is 9.55 Å². The summed E-state index contributed by atoms with van der Waals surface area (Å²) in [4.78, 5) is 30.8. The van der Waals surface area contributed by atoms with E-state index in [-0.39, 0.29) is 5.56 Å². The van der Waals surface area contributed by atoms with Crippen LogP contribution in [0.1, 0.15) is 43.5 Å². The molecule has 114 valence electrons. The standard InChI is InChI=1S/C15H20N2O3S/c1-6-7-10-16-12-11(8(2)9(3)21-12)13(18)17(10)15(4,5)14(19)20/h6-7H2,1-5H3,(H,19,20). The summed E-state index contributed by atoms with van der Waals surface area (Å²) in [6.45, 7) is 8.90. The summed E-state index contributed by atoms with van der Waals surface area (Å²) in [5.74, 6) is -0.489. The van der Waals surface area contributed by atoms with E-state index in [0.717, 1.165) is 16.9 Å². The summed E-state index contributed by atoms with van der Waals surface area (Å²) in [6, 6.07) is 0. The molecular formula is C15H20N2O3S. The second kappa shape index (κ2) is 5.26. The molecule has 2 heterocycles. The summed E-state index contributed by atoms with van der Waals surface area (Å²) < 4.78 is 1.35. The molecule has 1 N–H and O–H groups in total. The van der Waals surface area contributed by atoms with E-state index in [2.05, 4.69) is 4.98 Å². The molecule has 0 aliphatic heterocycles. The van der Waals surface area contributed by atoms with Crippen molar-refractivity contribution in [2.24, 2.45) is 0 Å². The third kappa shape index (κ3) is 2.37. The molecule has 6 heteroatoms. The Morgan fingerprint density at radius 2 is 2.00 bits per heavy atom. The van der Waals surface area contributed by atoms with Crippen LogP contribution in [0, 0.1) is 13.8 Å². The third-order valence-corrected chi connectivity index (χ3v) is 4.93. The predicted octanol–water partition coefficient (Wildman–Crippen LogP) is 2.85. The van der Waals surface area contributed by atoms with Crippen molar-refractivity contribution in [3.8, 4) is 0 Å². The lowest BCUT2D eigenvalue weighted by molar-refractivity contribution is -0.146. The molecule has 0 spiro atoms. The van der Waals surface area contributed by atoms with Crippen LogP contribution in [0.4, 0.5) is 0 Å². The quantitative estimate of drug-likeness (QED) is 0.942. The highest BCUT2D eigenvalue weighted by molar-refractivity contribution is 7.18. The summed E-state index contributed by atoms with van der Waals surface area (Å²) >= 11 is 1.49. The van der Waals surface area contributed by atoms with Crippen molar-refractivity contribution in [2.75, 3.05) is 0 Å². The van der Waals surface area contributed by atoms with Gasteiger partial charge in [-0.1, -0.05) is 6.92 Å². The minimum atomic E-state index is -1.31. The molecule has 2 rings (SSSR count). The summed E-state index contributed by atoms with van der Waals surface area (Å²) in [7, 11) is 0. The zero-order valence-corrected chi connectivity index (χ0v) is 13.8. The van der Waals surface area contributed by atoms with Crippen LogP contribution in [-0.2, 0) is 16.8 Å². The number of fused-ring (bicyclic) bond motifs is 1. The fourth-order valence-electron chi connectivity index (χ4n) is 2.40. The number of aryl methyl sites for hydroxylation is 3. The van der Waals surface area contributed by atoms with Gasteiger partial charge in [-0.2, -0.15) is 0 Å². The topological polar surface area (TPSA) is 72.2 Å². The zero-order chi connectivity index (χ0) is 15.9. The molecule has 0 unspecified atom stereocenters. The highest BCUT2D eigenvalue weighted by Gasteiger charge is 2.34. The van der Waals surface area contributed by atoms with Gasteiger partial charge in [0.2, 0.25) is 0 Å². The SMILES string of the molecule is CCCc1nc2sc(C)c(C)c2c(=O)n1C(C)(C)C(=O)O. The number of thiophene rings is 1. The van der Waals surface area contributed by atoms with Gasteiger partial charge in [-0.25, -0.2) is 9.78 Å². The van der Waals surface area contributed by atoms with Crippen LogP contribution >= 0.6 is 11.3 Å². The van der Waals surface area contributed by atoms with Gasteiger partial charge < -0.3 is 5.11 Å². The van der Waals surface area contributed by atoms with E-state index in [1.165, 1.54) is 29.8 Å². The molecule has 0 saturated carbocycles. The van der Waals surface area contributed by atoms with Crippen molar-refractivity contribution in [2.45, 2.75) is 53.0 Å². The van der Waals surface area contributed by atoms with Crippen molar-refractivity contribution in [3.63, 3.8) is 0 Å². The molecule has 0 aromatic carbocycles. The zero-order valence-electron chi connectivity index (χ0n) is 13.0. The Labute approximate surface area is 127 Å².